The molecule has 11 heteroatoms. The Labute approximate surface area is 299 Å². The van der Waals surface area contributed by atoms with E-state index in [1.54, 1.807) is 49.1 Å². The second-order valence-corrected chi connectivity index (χ2v) is 15.8. The van der Waals surface area contributed by atoms with Crippen LogP contribution in [-0.2, 0) is 19.0 Å². The SMILES string of the molecule is CCC(O)C(C)C1OC1CC(C)(O)C=CC=C(C)C1OC(=O)CC(O)CCC(C)(O)C(OC(=O)N2CCN(C3CCCCC3)CC2)C=CC1C. The zero-order valence-corrected chi connectivity index (χ0v) is 31.2. The quantitative estimate of drug-likeness (QED) is 0.109. The average molecular weight is 705 g/mol. The standard InChI is InChI=1S/C39H64N2O9/c1-7-31(43)28(4)36-32(48-36)25-38(5,46)18-11-12-26(2)35-27(3)15-16-33(39(6,47)19-17-30(42)24-34(44)50-35)49-37(45)41-22-20-40(21-23-41)29-13-9-8-10-14-29/h11-12,15-16,18,27-33,35-36,42-43,46-47H,7-10,13-14,17,19-25H2,1-6H3. The van der Waals surface area contributed by atoms with E-state index in [0.717, 1.165) is 13.1 Å². The molecule has 1 saturated carbocycles. The Morgan fingerprint density at radius 1 is 1.16 bits per heavy atom. The van der Waals surface area contributed by atoms with Gasteiger partial charge in [-0.1, -0.05) is 64.3 Å². The second kappa shape index (κ2) is 18.0. The zero-order valence-electron chi connectivity index (χ0n) is 31.2. The van der Waals surface area contributed by atoms with E-state index in [0.29, 0.717) is 37.5 Å². The van der Waals surface area contributed by atoms with Gasteiger partial charge in [0.05, 0.1) is 36.4 Å². The number of nitrogens with zero attached hydrogens (tertiary/aromatic N) is 2. The average Bonchev–Trinajstić information content (AvgIpc) is 3.84. The van der Waals surface area contributed by atoms with Crippen LogP contribution in [0.25, 0.3) is 0 Å². The molecule has 10 atom stereocenters. The van der Waals surface area contributed by atoms with Crippen molar-refractivity contribution >= 4 is 12.1 Å². The fourth-order valence-electron chi connectivity index (χ4n) is 7.70. The highest BCUT2D eigenvalue weighted by Crippen LogP contribution is 2.37. The van der Waals surface area contributed by atoms with Crippen molar-refractivity contribution in [3.05, 3.63) is 36.0 Å². The number of hydrogen-bond acceptors (Lipinski definition) is 10. The van der Waals surface area contributed by atoms with Crippen molar-refractivity contribution < 1.29 is 44.2 Å². The third-order valence-corrected chi connectivity index (χ3v) is 11.3. The van der Waals surface area contributed by atoms with Crippen molar-refractivity contribution in [3.63, 3.8) is 0 Å². The molecule has 4 rings (SSSR count). The smallest absolute Gasteiger partial charge is 0.410 e. The molecule has 0 bridgehead atoms. The first-order chi connectivity index (χ1) is 23.6. The van der Waals surface area contributed by atoms with Gasteiger partial charge in [0.25, 0.3) is 0 Å². The molecule has 0 aromatic heterocycles. The maximum atomic E-state index is 13.4. The predicted molar refractivity (Wildman–Crippen MR) is 191 cm³/mol. The van der Waals surface area contributed by atoms with Gasteiger partial charge in [0.15, 0.2) is 6.10 Å². The highest BCUT2D eigenvalue weighted by atomic mass is 16.6. The summed E-state index contributed by atoms with van der Waals surface area (Å²) in [6.45, 7) is 13.7. The van der Waals surface area contributed by atoms with Crippen molar-refractivity contribution in [2.75, 3.05) is 26.2 Å². The molecular formula is C39H64N2O9. The van der Waals surface area contributed by atoms with Crippen molar-refractivity contribution in [2.24, 2.45) is 11.8 Å². The first-order valence-electron chi connectivity index (χ1n) is 19.0. The molecule has 3 fully saturated rings. The number of ether oxygens (including phenoxy) is 3. The molecule has 1 aliphatic carbocycles. The summed E-state index contributed by atoms with van der Waals surface area (Å²) < 4.78 is 17.6. The van der Waals surface area contributed by atoms with E-state index in [1.165, 1.54) is 32.1 Å². The van der Waals surface area contributed by atoms with Crippen LogP contribution in [0, 0.1) is 11.8 Å². The van der Waals surface area contributed by atoms with Crippen LogP contribution in [-0.4, -0.2) is 122 Å². The number of carbonyl (C=O) groups excluding carboxylic acids is 2. The third-order valence-electron chi connectivity index (χ3n) is 11.3. The van der Waals surface area contributed by atoms with Crippen molar-refractivity contribution in [2.45, 2.75) is 160 Å². The summed E-state index contributed by atoms with van der Waals surface area (Å²) in [5, 5.41) is 43.4. The Morgan fingerprint density at radius 2 is 1.84 bits per heavy atom. The number of aliphatic hydroxyl groups excluding tert-OH is 2. The number of allylic oxidation sites excluding steroid dienone is 2. The summed E-state index contributed by atoms with van der Waals surface area (Å²) in [5.74, 6) is -0.935. The highest BCUT2D eigenvalue weighted by molar-refractivity contribution is 5.70. The molecule has 284 valence electrons. The van der Waals surface area contributed by atoms with Crippen LogP contribution in [0.15, 0.2) is 36.0 Å². The van der Waals surface area contributed by atoms with Crippen molar-refractivity contribution in [1.29, 1.82) is 0 Å². The molecule has 50 heavy (non-hydrogen) atoms. The molecule has 2 saturated heterocycles. The maximum absolute atomic E-state index is 13.4. The molecule has 0 radical (unpaired) electrons. The van der Waals surface area contributed by atoms with Gasteiger partial charge >= 0.3 is 12.1 Å². The second-order valence-electron chi connectivity index (χ2n) is 15.8. The number of epoxide rings is 1. The summed E-state index contributed by atoms with van der Waals surface area (Å²) in [6.07, 6.45) is 12.1. The van der Waals surface area contributed by atoms with Gasteiger partial charge in [-0.25, -0.2) is 4.79 Å². The molecule has 1 amide bonds. The van der Waals surface area contributed by atoms with Gasteiger partial charge in [0.1, 0.15) is 11.7 Å². The lowest BCUT2D eigenvalue weighted by Gasteiger charge is -2.41. The number of hydrogen-bond donors (Lipinski definition) is 4. The molecule has 4 aliphatic rings. The van der Waals surface area contributed by atoms with E-state index in [9.17, 15) is 30.0 Å². The van der Waals surface area contributed by atoms with Crippen LogP contribution in [0.4, 0.5) is 4.79 Å². The van der Waals surface area contributed by atoms with Crippen LogP contribution in [0.1, 0.15) is 106 Å². The minimum absolute atomic E-state index is 0.00994. The Balaban J connectivity index is 1.42. The minimum Gasteiger partial charge on any atom is -0.457 e. The highest BCUT2D eigenvalue weighted by Gasteiger charge is 2.47. The van der Waals surface area contributed by atoms with E-state index in [2.05, 4.69) is 4.90 Å². The first-order valence-corrected chi connectivity index (χ1v) is 19.0. The normalized spacial score (nSPS) is 35.0. The van der Waals surface area contributed by atoms with Gasteiger partial charge in [-0.15, -0.1) is 0 Å². The monoisotopic (exact) mass is 704 g/mol. The van der Waals surface area contributed by atoms with E-state index < -0.39 is 47.7 Å². The Bertz CT molecular complexity index is 1200. The number of carbonyl (C=O) groups is 2. The lowest BCUT2D eigenvalue weighted by Crippen LogP contribution is -2.53. The molecule has 4 N–H and O–H groups in total. The third kappa shape index (κ3) is 11.6. The van der Waals surface area contributed by atoms with Crippen molar-refractivity contribution in [3.8, 4) is 0 Å². The Hall–Kier alpha value is -2.28. The van der Waals surface area contributed by atoms with Gasteiger partial charge in [0, 0.05) is 50.5 Å². The fourth-order valence-corrected chi connectivity index (χ4v) is 7.70. The van der Waals surface area contributed by atoms with E-state index in [4.69, 9.17) is 14.2 Å². The van der Waals surface area contributed by atoms with Gasteiger partial charge in [0.2, 0.25) is 0 Å². The van der Waals surface area contributed by atoms with Gasteiger partial charge in [-0.2, -0.15) is 0 Å². The number of rotatable bonds is 10. The minimum atomic E-state index is -1.48. The largest absolute Gasteiger partial charge is 0.457 e. The molecule has 11 nitrogen and oxygen atoms in total. The molecule has 0 aromatic rings. The number of esters is 1. The van der Waals surface area contributed by atoms with Crippen LogP contribution < -0.4 is 0 Å². The van der Waals surface area contributed by atoms with E-state index in [1.807, 2.05) is 27.7 Å². The number of aliphatic hydroxyl groups is 4. The molecule has 10 unspecified atom stereocenters. The van der Waals surface area contributed by atoms with Gasteiger partial charge in [-0.05, 0) is 64.5 Å². The molecule has 0 spiro atoms. The van der Waals surface area contributed by atoms with Crippen LogP contribution in [0.2, 0.25) is 0 Å². The lowest BCUT2D eigenvalue weighted by atomic mass is 9.88. The van der Waals surface area contributed by atoms with Gasteiger partial charge in [-0.3, -0.25) is 9.69 Å². The van der Waals surface area contributed by atoms with E-state index in [-0.39, 0.29) is 43.3 Å². The molecule has 0 aromatic carbocycles. The number of cyclic esters (lactones) is 1. The van der Waals surface area contributed by atoms with Crippen LogP contribution in [0.5, 0.6) is 0 Å². The van der Waals surface area contributed by atoms with Crippen LogP contribution in [0.3, 0.4) is 0 Å². The fraction of sp³-hybridized carbons (Fsp3) is 0.795. The van der Waals surface area contributed by atoms with E-state index >= 15 is 0 Å². The first kappa shape index (κ1) is 40.5. The molecular weight excluding hydrogens is 640 g/mol. The maximum Gasteiger partial charge on any atom is 0.410 e. The zero-order chi connectivity index (χ0) is 36.6. The van der Waals surface area contributed by atoms with Crippen LogP contribution >= 0.6 is 0 Å². The predicted octanol–water partition coefficient (Wildman–Crippen LogP) is 4.66. The van der Waals surface area contributed by atoms with Crippen molar-refractivity contribution in [1.82, 2.24) is 9.80 Å². The summed E-state index contributed by atoms with van der Waals surface area (Å²) in [7, 11) is 0. The number of amides is 1. The lowest BCUT2D eigenvalue weighted by molar-refractivity contribution is -0.151. The topological polar surface area (TPSA) is 153 Å². The molecule has 3 aliphatic heterocycles. The van der Waals surface area contributed by atoms with Gasteiger partial charge < -0.3 is 39.5 Å². The summed E-state index contributed by atoms with van der Waals surface area (Å²) in [4.78, 5) is 30.5. The Kier molecular flexibility index (Phi) is 14.6. The summed E-state index contributed by atoms with van der Waals surface area (Å²) >= 11 is 0. The molecule has 3 heterocycles. The summed E-state index contributed by atoms with van der Waals surface area (Å²) in [5.41, 5.74) is -1.92. The number of piperazine rings is 1. The summed E-state index contributed by atoms with van der Waals surface area (Å²) in [6, 6.07) is 0.591. The Morgan fingerprint density at radius 3 is 2.50 bits per heavy atom.